The Hall–Kier alpha value is 0. The van der Waals surface area contributed by atoms with E-state index in [0.717, 1.165) is 0 Å². The monoisotopic (exact) mass is 236 g/mol. The molecule has 0 N–H and O–H groups in total. The molecule has 0 aliphatic carbocycles. The maximum absolute atomic E-state index is 2.23. The summed E-state index contributed by atoms with van der Waals surface area (Å²) in [5, 5.41) is 0. The molecule has 0 aromatic carbocycles. The molecule has 0 radical (unpaired) electrons. The summed E-state index contributed by atoms with van der Waals surface area (Å²) in [6.45, 7) is 8.93. The molecule has 0 saturated heterocycles. The van der Waals surface area contributed by atoms with E-state index in [1.807, 2.05) is 0 Å². The smallest absolute Gasteiger partial charge is 0.0536 e. The van der Waals surface area contributed by atoms with Crippen molar-refractivity contribution >= 4 is 0 Å². The quantitative estimate of drug-likeness (QED) is 0.414. The van der Waals surface area contributed by atoms with E-state index in [0.29, 0.717) is 0 Å². The lowest BCUT2D eigenvalue weighted by molar-refractivity contribution is 0.702. The zero-order chi connectivity index (χ0) is 9.66. The number of hydrogen-bond acceptors (Lipinski definition) is 0. The van der Waals surface area contributed by atoms with Crippen molar-refractivity contribution in [2.75, 3.05) is 0 Å². The molecule has 0 aromatic rings. The van der Waals surface area contributed by atoms with Gasteiger partial charge in [0.05, 0.1) is 0 Å². The first-order chi connectivity index (χ1) is 5.83. The minimum absolute atomic E-state index is 0. The summed E-state index contributed by atoms with van der Waals surface area (Å²) in [5.41, 5.74) is 0. The second-order valence-corrected chi connectivity index (χ2v) is 3.41. The molecule has 0 amide bonds. The third-order valence-corrected chi connectivity index (χ3v) is 1.91. The third kappa shape index (κ3) is 65.7. The molecule has 16 heavy (non-hydrogen) atoms. The third-order valence-electron chi connectivity index (χ3n) is 1.91. The van der Waals surface area contributed by atoms with Crippen LogP contribution in [0, 0.1) is 0 Å². The summed E-state index contributed by atoms with van der Waals surface area (Å²) in [4.78, 5) is 0. The highest BCUT2D eigenvalue weighted by Crippen LogP contribution is 1.95. The molecular weight excluding hydrogens is 192 g/mol. The molecule has 0 bridgehead atoms. The Bertz CT molecular complexity index is 32.0. The first kappa shape index (κ1) is 36.0. The summed E-state index contributed by atoms with van der Waals surface area (Å²) in [6, 6.07) is 0. The van der Waals surface area contributed by atoms with E-state index in [1.54, 1.807) is 0 Å². The maximum Gasteiger partial charge on any atom is -0.0536 e. The SMILES string of the molecule is C.C.C.C.CCCCCC.CCCCCC. The Morgan fingerprint density at radius 1 is 0.375 bits per heavy atom. The molecule has 0 unspecified atom stereocenters. The first-order valence-electron chi connectivity index (χ1n) is 5.83. The minimum atomic E-state index is 0. The summed E-state index contributed by atoms with van der Waals surface area (Å²) in [5.74, 6) is 0. The van der Waals surface area contributed by atoms with Gasteiger partial charge in [0.25, 0.3) is 0 Å². The highest BCUT2D eigenvalue weighted by molar-refractivity contribution is 4.31. The van der Waals surface area contributed by atoms with E-state index < -0.39 is 0 Å². The normalized spacial score (nSPS) is 6.75. The molecule has 0 heteroatoms. The fraction of sp³-hybridized carbons (Fsp3) is 1.00. The van der Waals surface area contributed by atoms with Gasteiger partial charge in [-0.3, -0.25) is 0 Å². The van der Waals surface area contributed by atoms with Crippen LogP contribution in [-0.4, -0.2) is 0 Å². The fourth-order valence-electron chi connectivity index (χ4n) is 1.000. The van der Waals surface area contributed by atoms with Crippen molar-refractivity contribution in [3.63, 3.8) is 0 Å². The van der Waals surface area contributed by atoms with Gasteiger partial charge >= 0.3 is 0 Å². The first-order valence-corrected chi connectivity index (χ1v) is 5.83. The second-order valence-electron chi connectivity index (χ2n) is 3.41. The highest BCUT2D eigenvalue weighted by Gasteiger charge is 1.75. The summed E-state index contributed by atoms with van der Waals surface area (Å²) < 4.78 is 0. The van der Waals surface area contributed by atoms with Crippen LogP contribution in [0.2, 0.25) is 0 Å². The predicted octanol–water partition coefficient (Wildman–Crippen LogP) is 7.72. The van der Waals surface area contributed by atoms with Crippen LogP contribution < -0.4 is 0 Å². The molecule has 0 spiro atoms. The zero-order valence-corrected chi connectivity index (χ0v) is 9.66. The highest BCUT2D eigenvalue weighted by atomic mass is 13.8. The largest absolute Gasteiger partial charge is 0.0776 e. The molecule has 108 valence electrons. The van der Waals surface area contributed by atoms with Gasteiger partial charge in [0, 0.05) is 0 Å². The van der Waals surface area contributed by atoms with Gasteiger partial charge < -0.3 is 0 Å². The molecule has 0 aliphatic heterocycles. The van der Waals surface area contributed by atoms with Crippen LogP contribution in [0.4, 0.5) is 0 Å². The molecule has 0 saturated carbocycles. The lowest BCUT2D eigenvalue weighted by atomic mass is 10.2. The molecule has 0 nitrogen and oxygen atoms in total. The molecule has 0 heterocycles. The Labute approximate surface area is 109 Å². The minimum Gasteiger partial charge on any atom is -0.0776 e. The summed E-state index contributed by atoms with van der Waals surface area (Å²) in [6.07, 6.45) is 11.1. The Kier molecular flexibility index (Phi) is 103. The Balaban J connectivity index is -0.0000000250. The van der Waals surface area contributed by atoms with Crippen LogP contribution in [0.1, 0.15) is 109 Å². The standard InChI is InChI=1S/2C6H14.4CH4/c2*1-3-5-6-4-2;;;;/h2*3-6H2,1-2H3;4*1H4. The van der Waals surface area contributed by atoms with Gasteiger partial charge in [-0.2, -0.15) is 0 Å². The number of unbranched alkanes of at least 4 members (excludes halogenated alkanes) is 6. The topological polar surface area (TPSA) is 0 Å². The van der Waals surface area contributed by atoms with Crippen molar-refractivity contribution in [3.05, 3.63) is 0 Å². The van der Waals surface area contributed by atoms with E-state index in [1.165, 1.54) is 51.4 Å². The fourth-order valence-corrected chi connectivity index (χ4v) is 1.000. The zero-order valence-electron chi connectivity index (χ0n) is 9.66. The lowest BCUT2D eigenvalue weighted by Crippen LogP contribution is -1.66. The van der Waals surface area contributed by atoms with Gasteiger partial charge in [-0.05, 0) is 0 Å². The van der Waals surface area contributed by atoms with Crippen LogP contribution in [0.25, 0.3) is 0 Å². The molecule has 0 rings (SSSR count). The lowest BCUT2D eigenvalue weighted by Gasteiger charge is -1.86. The van der Waals surface area contributed by atoms with Crippen molar-refractivity contribution in [1.82, 2.24) is 0 Å². The summed E-state index contributed by atoms with van der Waals surface area (Å²) >= 11 is 0. The van der Waals surface area contributed by atoms with Crippen molar-refractivity contribution < 1.29 is 0 Å². The van der Waals surface area contributed by atoms with Crippen LogP contribution >= 0.6 is 0 Å². The van der Waals surface area contributed by atoms with Gasteiger partial charge in [-0.1, -0.05) is 109 Å². The van der Waals surface area contributed by atoms with E-state index in [2.05, 4.69) is 27.7 Å². The molecular formula is C16H44. The van der Waals surface area contributed by atoms with Gasteiger partial charge in [-0.15, -0.1) is 0 Å². The Morgan fingerprint density at radius 2 is 0.500 bits per heavy atom. The molecule has 0 fully saturated rings. The van der Waals surface area contributed by atoms with Crippen LogP contribution in [0.5, 0.6) is 0 Å². The van der Waals surface area contributed by atoms with Crippen molar-refractivity contribution in [2.45, 2.75) is 109 Å². The van der Waals surface area contributed by atoms with E-state index in [-0.39, 0.29) is 29.7 Å². The van der Waals surface area contributed by atoms with E-state index in [9.17, 15) is 0 Å². The molecule has 0 aliphatic rings. The van der Waals surface area contributed by atoms with Crippen molar-refractivity contribution in [1.29, 1.82) is 0 Å². The number of hydrogen-bond donors (Lipinski definition) is 0. The van der Waals surface area contributed by atoms with Crippen molar-refractivity contribution in [3.8, 4) is 0 Å². The molecule has 0 aromatic heterocycles. The average molecular weight is 237 g/mol. The number of rotatable bonds is 6. The van der Waals surface area contributed by atoms with E-state index in [4.69, 9.17) is 0 Å². The van der Waals surface area contributed by atoms with Gasteiger partial charge in [-0.25, -0.2) is 0 Å². The summed E-state index contributed by atoms with van der Waals surface area (Å²) in [7, 11) is 0. The van der Waals surface area contributed by atoms with Crippen LogP contribution in [-0.2, 0) is 0 Å². The maximum atomic E-state index is 2.23. The average Bonchev–Trinajstić information content (AvgIpc) is 2.12. The Morgan fingerprint density at radius 3 is 0.562 bits per heavy atom. The van der Waals surface area contributed by atoms with Crippen LogP contribution in [0.15, 0.2) is 0 Å². The van der Waals surface area contributed by atoms with Crippen molar-refractivity contribution in [2.24, 2.45) is 0 Å². The predicted molar refractivity (Wildman–Crippen MR) is 86.6 cm³/mol. The van der Waals surface area contributed by atoms with E-state index >= 15 is 0 Å². The van der Waals surface area contributed by atoms with Gasteiger partial charge in [0.2, 0.25) is 0 Å². The van der Waals surface area contributed by atoms with Gasteiger partial charge in [0.15, 0.2) is 0 Å². The van der Waals surface area contributed by atoms with Gasteiger partial charge in [0.1, 0.15) is 0 Å². The van der Waals surface area contributed by atoms with Crippen LogP contribution in [0.3, 0.4) is 0 Å². The molecule has 0 atom stereocenters. The second kappa shape index (κ2) is 45.9.